The van der Waals surface area contributed by atoms with Crippen molar-refractivity contribution in [3.8, 4) is 0 Å². The summed E-state index contributed by atoms with van der Waals surface area (Å²) < 4.78 is 5.35. The van der Waals surface area contributed by atoms with Crippen molar-refractivity contribution in [2.24, 2.45) is 0 Å². The second-order valence-electron chi connectivity index (χ2n) is 8.34. The van der Waals surface area contributed by atoms with Gasteiger partial charge in [-0.2, -0.15) is 0 Å². The summed E-state index contributed by atoms with van der Waals surface area (Å²) in [5, 5.41) is 11.2. The molecule has 0 spiro atoms. The second kappa shape index (κ2) is 9.38. The number of nitro groups is 1. The van der Waals surface area contributed by atoms with Crippen LogP contribution in [0.1, 0.15) is 53.2 Å². The van der Waals surface area contributed by atoms with E-state index in [0.717, 1.165) is 50.8 Å². The van der Waals surface area contributed by atoms with Crippen molar-refractivity contribution in [1.82, 2.24) is 4.90 Å². The van der Waals surface area contributed by atoms with Crippen LogP contribution in [0.3, 0.4) is 0 Å². The van der Waals surface area contributed by atoms with Gasteiger partial charge in [-0.3, -0.25) is 14.9 Å². The molecule has 1 aliphatic carbocycles. The van der Waals surface area contributed by atoms with E-state index in [1.807, 2.05) is 23.1 Å². The monoisotopic (exact) mass is 437 g/mol. The van der Waals surface area contributed by atoms with Gasteiger partial charge in [0.25, 0.3) is 11.6 Å². The van der Waals surface area contributed by atoms with Gasteiger partial charge in [-0.25, -0.2) is 4.79 Å². The van der Waals surface area contributed by atoms with Crippen molar-refractivity contribution in [3.63, 3.8) is 0 Å². The van der Waals surface area contributed by atoms with E-state index in [4.69, 9.17) is 4.74 Å². The first-order valence-corrected chi connectivity index (χ1v) is 11.0. The Hall–Kier alpha value is -3.42. The molecule has 0 saturated carbocycles. The van der Waals surface area contributed by atoms with Gasteiger partial charge in [0.1, 0.15) is 0 Å². The standard InChI is InChI=1S/C24H27N3O5/c1-25(21-10-6-8-17-7-2-3-9-19(17)21)23(28)16-32-24(29)20-15-18(27(30)31)11-12-22(20)26-13-4-5-14-26/h2-3,7,9,11-12,15,21H,4-6,8,10,13-14,16H2,1H3. The molecule has 0 radical (unpaired) electrons. The molecule has 168 valence electrons. The fourth-order valence-corrected chi connectivity index (χ4v) is 4.65. The number of aryl methyl sites for hydroxylation is 1. The quantitative estimate of drug-likeness (QED) is 0.387. The molecule has 32 heavy (non-hydrogen) atoms. The third kappa shape index (κ3) is 4.44. The van der Waals surface area contributed by atoms with Crippen LogP contribution >= 0.6 is 0 Å². The first-order chi connectivity index (χ1) is 15.5. The van der Waals surface area contributed by atoms with Gasteiger partial charge in [0.2, 0.25) is 0 Å². The van der Waals surface area contributed by atoms with E-state index in [9.17, 15) is 19.7 Å². The summed E-state index contributed by atoms with van der Waals surface area (Å²) in [4.78, 5) is 40.0. The molecule has 2 aromatic carbocycles. The first kappa shape index (κ1) is 21.8. The summed E-state index contributed by atoms with van der Waals surface area (Å²) in [7, 11) is 1.73. The minimum atomic E-state index is -0.721. The van der Waals surface area contributed by atoms with E-state index in [-0.39, 0.29) is 23.2 Å². The lowest BCUT2D eigenvalue weighted by Crippen LogP contribution is -2.36. The highest BCUT2D eigenvalue weighted by Gasteiger charge is 2.28. The number of anilines is 1. The van der Waals surface area contributed by atoms with Crippen LogP contribution in [0.2, 0.25) is 0 Å². The molecule has 1 aliphatic heterocycles. The van der Waals surface area contributed by atoms with E-state index in [0.29, 0.717) is 5.69 Å². The van der Waals surface area contributed by atoms with E-state index >= 15 is 0 Å². The molecule has 8 nitrogen and oxygen atoms in total. The van der Waals surface area contributed by atoms with Crippen LogP contribution in [-0.4, -0.2) is 48.4 Å². The third-order valence-corrected chi connectivity index (χ3v) is 6.38. The third-order valence-electron chi connectivity index (χ3n) is 6.38. The molecule has 1 atom stereocenters. The number of nitrogens with zero attached hydrogens (tertiary/aromatic N) is 3. The van der Waals surface area contributed by atoms with Gasteiger partial charge in [0.05, 0.1) is 22.2 Å². The zero-order valence-electron chi connectivity index (χ0n) is 18.2. The number of carbonyl (C=O) groups is 2. The average Bonchev–Trinajstić information content (AvgIpc) is 3.36. The fraction of sp³-hybridized carbons (Fsp3) is 0.417. The molecule has 8 heteroatoms. The molecule has 2 aromatic rings. The topological polar surface area (TPSA) is 93.0 Å². The molecule has 0 aromatic heterocycles. The van der Waals surface area contributed by atoms with Gasteiger partial charge in [-0.1, -0.05) is 24.3 Å². The highest BCUT2D eigenvalue weighted by Crippen LogP contribution is 2.33. The Kier molecular flexibility index (Phi) is 6.39. The summed E-state index contributed by atoms with van der Waals surface area (Å²) in [6.07, 6.45) is 4.84. The van der Waals surface area contributed by atoms with Crippen molar-refractivity contribution in [2.75, 3.05) is 31.6 Å². The van der Waals surface area contributed by atoms with Crippen LogP contribution in [0.4, 0.5) is 11.4 Å². The Morgan fingerprint density at radius 2 is 1.91 bits per heavy atom. The number of hydrogen-bond acceptors (Lipinski definition) is 6. The van der Waals surface area contributed by atoms with Crippen LogP contribution in [0, 0.1) is 10.1 Å². The number of non-ortho nitro benzene ring substituents is 1. The molecule has 4 rings (SSSR count). The van der Waals surface area contributed by atoms with Crippen LogP contribution < -0.4 is 4.90 Å². The van der Waals surface area contributed by atoms with Gasteiger partial charge >= 0.3 is 5.97 Å². The lowest BCUT2D eigenvalue weighted by molar-refractivity contribution is -0.384. The molecule has 1 amide bonds. The Labute approximate surface area is 186 Å². The molecule has 0 bridgehead atoms. The maximum Gasteiger partial charge on any atom is 0.341 e. The predicted octanol–water partition coefficient (Wildman–Crippen LogP) is 3.89. The molecule has 0 N–H and O–H groups in total. The molecule has 2 aliphatic rings. The predicted molar refractivity (Wildman–Crippen MR) is 120 cm³/mol. The summed E-state index contributed by atoms with van der Waals surface area (Å²) in [6, 6.07) is 12.3. The molecular weight excluding hydrogens is 410 g/mol. The molecular formula is C24H27N3O5. The summed E-state index contributed by atoms with van der Waals surface area (Å²) in [6.45, 7) is 1.15. The lowest BCUT2D eigenvalue weighted by Gasteiger charge is -2.33. The maximum absolute atomic E-state index is 12.9. The number of esters is 1. The highest BCUT2D eigenvalue weighted by molar-refractivity contribution is 5.97. The van der Waals surface area contributed by atoms with Gasteiger partial charge in [0, 0.05) is 32.3 Å². The summed E-state index contributed by atoms with van der Waals surface area (Å²) in [5.74, 6) is -1.02. The number of benzene rings is 2. The van der Waals surface area contributed by atoms with Gasteiger partial charge < -0.3 is 14.5 Å². The number of nitro benzene ring substituents is 1. The van der Waals surface area contributed by atoms with Gasteiger partial charge in [0.15, 0.2) is 6.61 Å². The number of fused-ring (bicyclic) bond motifs is 1. The molecule has 1 heterocycles. The summed E-state index contributed by atoms with van der Waals surface area (Å²) >= 11 is 0. The number of rotatable bonds is 6. The molecule has 1 fully saturated rings. The van der Waals surface area contributed by atoms with E-state index in [2.05, 4.69) is 6.07 Å². The SMILES string of the molecule is CN(C(=O)COC(=O)c1cc([N+](=O)[O-])ccc1N1CCCC1)C1CCCc2ccccc21. The average molecular weight is 437 g/mol. The number of carbonyl (C=O) groups excluding carboxylic acids is 2. The van der Waals surface area contributed by atoms with Crippen LogP contribution in [0.15, 0.2) is 42.5 Å². The number of ether oxygens (including phenoxy) is 1. The number of likely N-dealkylation sites (N-methyl/N-ethyl adjacent to an activating group) is 1. The fourth-order valence-electron chi connectivity index (χ4n) is 4.65. The Balaban J connectivity index is 1.47. The van der Waals surface area contributed by atoms with Crippen molar-refractivity contribution >= 4 is 23.3 Å². The van der Waals surface area contributed by atoms with Crippen molar-refractivity contribution < 1.29 is 19.2 Å². The zero-order valence-corrected chi connectivity index (χ0v) is 18.2. The Morgan fingerprint density at radius 1 is 1.16 bits per heavy atom. The number of hydrogen-bond donors (Lipinski definition) is 0. The molecule has 1 unspecified atom stereocenters. The normalized spacial score (nSPS) is 17.5. The van der Waals surface area contributed by atoms with Crippen LogP contribution in [0.25, 0.3) is 0 Å². The smallest absolute Gasteiger partial charge is 0.341 e. The minimum absolute atomic E-state index is 0.0517. The van der Waals surface area contributed by atoms with E-state index < -0.39 is 17.5 Å². The molecule has 1 saturated heterocycles. The second-order valence-corrected chi connectivity index (χ2v) is 8.34. The van der Waals surface area contributed by atoms with E-state index in [1.54, 1.807) is 18.0 Å². The zero-order chi connectivity index (χ0) is 22.7. The Bertz CT molecular complexity index is 1030. The number of amides is 1. The lowest BCUT2D eigenvalue weighted by atomic mass is 9.87. The highest BCUT2D eigenvalue weighted by atomic mass is 16.6. The van der Waals surface area contributed by atoms with Crippen molar-refractivity contribution in [3.05, 3.63) is 69.3 Å². The Morgan fingerprint density at radius 3 is 2.66 bits per heavy atom. The van der Waals surface area contributed by atoms with Gasteiger partial charge in [-0.05, 0) is 49.3 Å². The van der Waals surface area contributed by atoms with Gasteiger partial charge in [-0.15, -0.1) is 0 Å². The van der Waals surface area contributed by atoms with Crippen LogP contribution in [0.5, 0.6) is 0 Å². The maximum atomic E-state index is 12.9. The summed E-state index contributed by atoms with van der Waals surface area (Å²) in [5.41, 5.74) is 2.94. The minimum Gasteiger partial charge on any atom is -0.452 e. The van der Waals surface area contributed by atoms with E-state index in [1.165, 1.54) is 17.7 Å². The largest absolute Gasteiger partial charge is 0.452 e. The van der Waals surface area contributed by atoms with Crippen molar-refractivity contribution in [2.45, 2.75) is 38.1 Å². The van der Waals surface area contributed by atoms with Crippen LogP contribution in [-0.2, 0) is 16.0 Å². The van der Waals surface area contributed by atoms with Crippen molar-refractivity contribution in [1.29, 1.82) is 0 Å². The first-order valence-electron chi connectivity index (χ1n) is 11.0.